The van der Waals surface area contributed by atoms with E-state index in [1.54, 1.807) is 24.3 Å². The van der Waals surface area contributed by atoms with Gasteiger partial charge in [0.05, 0.1) is 23.3 Å². The Morgan fingerprint density at radius 2 is 1.08 bits per heavy atom. The van der Waals surface area contributed by atoms with Crippen LogP contribution >= 0.6 is 0 Å². The molecule has 0 aliphatic carbocycles. The van der Waals surface area contributed by atoms with Crippen LogP contribution in [0.25, 0.3) is 22.8 Å². The molecule has 1 aromatic heterocycles. The Morgan fingerprint density at radius 1 is 0.680 bits per heavy atom. The van der Waals surface area contributed by atoms with Crippen molar-refractivity contribution in [2.75, 3.05) is 0 Å². The summed E-state index contributed by atoms with van der Waals surface area (Å²) in [4.78, 5) is 13.7. The van der Waals surface area contributed by atoms with E-state index in [0.29, 0.717) is 28.6 Å². The summed E-state index contributed by atoms with van der Waals surface area (Å²) >= 11 is 0. The fourth-order valence-corrected chi connectivity index (χ4v) is 2.30. The highest BCUT2D eigenvalue weighted by molar-refractivity contribution is 5.62. The zero-order valence-corrected chi connectivity index (χ0v) is 13.9. The number of aromatic nitrogens is 3. The lowest BCUT2D eigenvalue weighted by atomic mass is 10.1. The zero-order chi connectivity index (χ0) is 17.8. The van der Waals surface area contributed by atoms with Crippen molar-refractivity contribution < 1.29 is 0 Å². The second-order valence-corrected chi connectivity index (χ2v) is 5.87. The largest absolute Gasteiger partial charge is 0.213 e. The van der Waals surface area contributed by atoms with E-state index in [1.165, 1.54) is 0 Å². The maximum Gasteiger partial charge on any atom is 0.163 e. The summed E-state index contributed by atoms with van der Waals surface area (Å²) in [5, 5.41) is 17.9. The molecule has 5 nitrogen and oxygen atoms in total. The third kappa shape index (κ3) is 3.52. The molecule has 0 saturated heterocycles. The molecule has 0 atom stereocenters. The molecule has 0 aliphatic rings. The van der Waals surface area contributed by atoms with Crippen molar-refractivity contribution in [1.82, 2.24) is 15.0 Å². The maximum absolute atomic E-state index is 8.94. The molecule has 0 fully saturated rings. The Kier molecular flexibility index (Phi) is 4.50. The predicted molar refractivity (Wildman–Crippen MR) is 94.2 cm³/mol. The van der Waals surface area contributed by atoms with Crippen LogP contribution in [0.15, 0.2) is 48.5 Å². The van der Waals surface area contributed by atoms with Gasteiger partial charge in [-0.25, -0.2) is 15.0 Å². The summed E-state index contributed by atoms with van der Waals surface area (Å²) in [6.45, 7) is 4.06. The highest BCUT2D eigenvalue weighted by Crippen LogP contribution is 2.23. The Morgan fingerprint density at radius 3 is 1.40 bits per heavy atom. The molecule has 5 heteroatoms. The minimum Gasteiger partial charge on any atom is -0.213 e. The highest BCUT2D eigenvalue weighted by Gasteiger charge is 2.12. The predicted octanol–water partition coefficient (Wildman–Crippen LogP) is 4.07. The average molecular weight is 325 g/mol. The van der Waals surface area contributed by atoms with E-state index in [-0.39, 0.29) is 5.92 Å². The zero-order valence-electron chi connectivity index (χ0n) is 13.9. The summed E-state index contributed by atoms with van der Waals surface area (Å²) in [5.74, 6) is 2.00. The fourth-order valence-electron chi connectivity index (χ4n) is 2.30. The molecule has 3 aromatic rings. The number of nitrogens with zero attached hydrogens (tertiary/aromatic N) is 5. The normalized spacial score (nSPS) is 10.3. The molecule has 25 heavy (non-hydrogen) atoms. The molecule has 0 aliphatic heterocycles. The molecular formula is C20H15N5. The SMILES string of the molecule is CC(C)c1nc(-c2ccc(C#N)cc2)nc(-c2ccc(C#N)cc2)n1. The summed E-state index contributed by atoms with van der Waals surface area (Å²) in [6.07, 6.45) is 0. The van der Waals surface area contributed by atoms with Gasteiger partial charge in [0.15, 0.2) is 11.6 Å². The topological polar surface area (TPSA) is 86.2 Å². The fraction of sp³-hybridized carbons (Fsp3) is 0.150. The Hall–Kier alpha value is -3.57. The van der Waals surface area contributed by atoms with E-state index in [4.69, 9.17) is 10.5 Å². The lowest BCUT2D eigenvalue weighted by molar-refractivity contribution is 0.766. The molecule has 3 rings (SSSR count). The third-order valence-electron chi connectivity index (χ3n) is 3.71. The van der Waals surface area contributed by atoms with Crippen LogP contribution in [-0.2, 0) is 0 Å². The highest BCUT2D eigenvalue weighted by atomic mass is 15.0. The first-order valence-electron chi connectivity index (χ1n) is 7.87. The lowest BCUT2D eigenvalue weighted by Crippen LogP contribution is -2.04. The molecule has 0 bridgehead atoms. The lowest BCUT2D eigenvalue weighted by Gasteiger charge is -2.10. The van der Waals surface area contributed by atoms with E-state index < -0.39 is 0 Å². The van der Waals surface area contributed by atoms with Crippen LogP contribution < -0.4 is 0 Å². The molecule has 1 heterocycles. The first-order valence-corrected chi connectivity index (χ1v) is 7.87. The van der Waals surface area contributed by atoms with Gasteiger partial charge in [-0.2, -0.15) is 10.5 Å². The van der Waals surface area contributed by atoms with Gasteiger partial charge in [0.2, 0.25) is 0 Å². The molecule has 2 aromatic carbocycles. The van der Waals surface area contributed by atoms with Crippen LogP contribution in [-0.4, -0.2) is 15.0 Å². The van der Waals surface area contributed by atoms with Gasteiger partial charge in [0.25, 0.3) is 0 Å². The molecule has 120 valence electrons. The van der Waals surface area contributed by atoms with Crippen LogP contribution in [0, 0.1) is 22.7 Å². The van der Waals surface area contributed by atoms with Gasteiger partial charge in [0, 0.05) is 17.0 Å². The molecule has 0 saturated carbocycles. The van der Waals surface area contributed by atoms with Crippen molar-refractivity contribution in [1.29, 1.82) is 10.5 Å². The van der Waals surface area contributed by atoms with Crippen molar-refractivity contribution >= 4 is 0 Å². The Balaban J connectivity index is 2.11. The van der Waals surface area contributed by atoms with E-state index >= 15 is 0 Å². The van der Waals surface area contributed by atoms with Crippen LogP contribution in [0.1, 0.15) is 36.7 Å². The van der Waals surface area contributed by atoms with E-state index in [2.05, 4.69) is 27.1 Å². The molecule has 0 radical (unpaired) electrons. The monoisotopic (exact) mass is 325 g/mol. The standard InChI is InChI=1S/C20H15N5/c1-13(2)18-23-19(16-7-3-14(11-21)4-8-16)25-20(24-18)17-9-5-15(12-22)6-10-17/h3-10,13H,1-2H3. The van der Waals surface area contributed by atoms with Gasteiger partial charge in [0.1, 0.15) is 5.82 Å². The maximum atomic E-state index is 8.94. The van der Waals surface area contributed by atoms with Crippen molar-refractivity contribution in [3.05, 3.63) is 65.5 Å². The number of rotatable bonds is 3. The van der Waals surface area contributed by atoms with E-state index in [1.807, 2.05) is 38.1 Å². The average Bonchev–Trinajstić information content (AvgIpc) is 2.67. The first kappa shape index (κ1) is 16.3. The summed E-state index contributed by atoms with van der Waals surface area (Å²) in [5.41, 5.74) is 2.85. The molecule has 0 N–H and O–H groups in total. The van der Waals surface area contributed by atoms with Gasteiger partial charge < -0.3 is 0 Å². The van der Waals surface area contributed by atoms with Crippen LogP contribution in [0.3, 0.4) is 0 Å². The third-order valence-corrected chi connectivity index (χ3v) is 3.71. The number of benzene rings is 2. The molecule has 0 unspecified atom stereocenters. The Labute approximate surface area is 146 Å². The van der Waals surface area contributed by atoms with E-state index in [9.17, 15) is 0 Å². The van der Waals surface area contributed by atoms with Crippen LogP contribution in [0.5, 0.6) is 0 Å². The summed E-state index contributed by atoms with van der Waals surface area (Å²) < 4.78 is 0. The van der Waals surface area contributed by atoms with E-state index in [0.717, 1.165) is 11.1 Å². The Bertz CT molecular complexity index is 899. The van der Waals surface area contributed by atoms with Crippen molar-refractivity contribution in [3.63, 3.8) is 0 Å². The quantitative estimate of drug-likeness (QED) is 0.724. The molecule has 0 spiro atoms. The van der Waals surface area contributed by atoms with Crippen molar-refractivity contribution in [3.8, 4) is 34.9 Å². The summed E-state index contributed by atoms with van der Waals surface area (Å²) in [7, 11) is 0. The first-order chi connectivity index (χ1) is 12.1. The molecular weight excluding hydrogens is 310 g/mol. The second kappa shape index (κ2) is 6.90. The van der Waals surface area contributed by atoms with Crippen LogP contribution in [0.4, 0.5) is 0 Å². The van der Waals surface area contributed by atoms with Gasteiger partial charge in [-0.05, 0) is 48.5 Å². The summed E-state index contributed by atoms with van der Waals surface area (Å²) in [6, 6.07) is 18.5. The molecule has 0 amide bonds. The van der Waals surface area contributed by atoms with Crippen molar-refractivity contribution in [2.24, 2.45) is 0 Å². The van der Waals surface area contributed by atoms with Gasteiger partial charge >= 0.3 is 0 Å². The smallest absolute Gasteiger partial charge is 0.163 e. The van der Waals surface area contributed by atoms with Crippen molar-refractivity contribution in [2.45, 2.75) is 19.8 Å². The minimum atomic E-state index is 0.150. The van der Waals surface area contributed by atoms with Gasteiger partial charge in [-0.15, -0.1) is 0 Å². The number of hydrogen-bond acceptors (Lipinski definition) is 5. The number of nitriles is 2. The minimum absolute atomic E-state index is 0.150. The second-order valence-electron chi connectivity index (χ2n) is 5.87. The van der Waals surface area contributed by atoms with Gasteiger partial charge in [-0.1, -0.05) is 13.8 Å². The number of hydrogen-bond donors (Lipinski definition) is 0. The van der Waals surface area contributed by atoms with Gasteiger partial charge in [-0.3, -0.25) is 0 Å². The van der Waals surface area contributed by atoms with Crippen LogP contribution in [0.2, 0.25) is 0 Å².